The molecule has 0 aromatic heterocycles. The SMILES string of the molecule is CCN(CC)CCN(OCc1cccc2ccccc12)C(=O)c1ccc(C(=O)NO)cc1.Cl. The van der Waals surface area contributed by atoms with Crippen molar-refractivity contribution in [2.75, 3.05) is 26.2 Å². The van der Waals surface area contributed by atoms with Crippen LogP contribution in [0.15, 0.2) is 66.7 Å². The lowest BCUT2D eigenvalue weighted by Gasteiger charge is -2.26. The Morgan fingerprint density at radius 3 is 2.18 bits per heavy atom. The van der Waals surface area contributed by atoms with Gasteiger partial charge in [0.15, 0.2) is 0 Å². The van der Waals surface area contributed by atoms with E-state index in [0.717, 1.165) is 29.4 Å². The van der Waals surface area contributed by atoms with E-state index in [0.29, 0.717) is 18.7 Å². The molecule has 0 saturated carbocycles. The monoisotopic (exact) mass is 471 g/mol. The fourth-order valence-corrected chi connectivity index (χ4v) is 3.54. The number of nitrogens with one attached hydrogen (secondary N) is 1. The Morgan fingerprint density at radius 1 is 0.879 bits per heavy atom. The zero-order valence-corrected chi connectivity index (χ0v) is 19.7. The number of likely N-dealkylation sites (N-methyl/N-ethyl adjacent to an activating group) is 1. The van der Waals surface area contributed by atoms with E-state index in [1.165, 1.54) is 17.2 Å². The molecule has 0 unspecified atom stereocenters. The van der Waals surface area contributed by atoms with Crippen molar-refractivity contribution >= 4 is 35.0 Å². The van der Waals surface area contributed by atoms with Gasteiger partial charge in [-0.1, -0.05) is 56.3 Å². The summed E-state index contributed by atoms with van der Waals surface area (Å²) < 4.78 is 0. The van der Waals surface area contributed by atoms with Gasteiger partial charge in [0, 0.05) is 17.7 Å². The van der Waals surface area contributed by atoms with E-state index in [1.54, 1.807) is 17.6 Å². The fourth-order valence-electron chi connectivity index (χ4n) is 3.54. The first-order valence-corrected chi connectivity index (χ1v) is 10.8. The minimum atomic E-state index is -0.630. The van der Waals surface area contributed by atoms with Crippen LogP contribution in [0.4, 0.5) is 0 Å². The number of carbonyl (C=O) groups excluding carboxylic acids is 2. The highest BCUT2D eigenvalue weighted by atomic mass is 35.5. The number of fused-ring (bicyclic) bond motifs is 1. The van der Waals surface area contributed by atoms with Gasteiger partial charge in [0.2, 0.25) is 0 Å². The third-order valence-electron chi connectivity index (χ3n) is 5.49. The highest BCUT2D eigenvalue weighted by Crippen LogP contribution is 2.20. The van der Waals surface area contributed by atoms with E-state index < -0.39 is 5.91 Å². The maximum Gasteiger partial charge on any atom is 0.277 e. The van der Waals surface area contributed by atoms with Crippen molar-refractivity contribution in [1.82, 2.24) is 15.4 Å². The molecule has 7 nitrogen and oxygen atoms in total. The second-order valence-electron chi connectivity index (χ2n) is 7.36. The first-order valence-electron chi connectivity index (χ1n) is 10.8. The molecule has 3 aromatic rings. The van der Waals surface area contributed by atoms with Crippen LogP contribution in [-0.2, 0) is 11.4 Å². The number of carbonyl (C=O) groups is 2. The van der Waals surface area contributed by atoms with Gasteiger partial charge in [-0.05, 0) is 53.7 Å². The molecule has 0 aliphatic heterocycles. The van der Waals surface area contributed by atoms with Gasteiger partial charge in [-0.3, -0.25) is 19.6 Å². The number of amides is 2. The van der Waals surface area contributed by atoms with Crippen LogP contribution in [0.25, 0.3) is 10.8 Å². The molecular weight excluding hydrogens is 442 g/mol. The van der Waals surface area contributed by atoms with Gasteiger partial charge in [0.25, 0.3) is 11.8 Å². The molecule has 0 aliphatic carbocycles. The van der Waals surface area contributed by atoms with E-state index in [1.807, 2.05) is 42.5 Å². The summed E-state index contributed by atoms with van der Waals surface area (Å²) in [4.78, 5) is 33.0. The number of nitrogens with zero attached hydrogens (tertiary/aromatic N) is 2. The predicted octanol–water partition coefficient (Wildman–Crippen LogP) is 4.30. The standard InChI is InChI=1S/C25H29N3O4.ClH/c1-3-27(4-2)16-17-28(25(30)21-14-12-20(13-15-21)24(29)26-31)32-18-22-10-7-9-19-8-5-6-11-23(19)22;/h5-15,31H,3-4,16-18H2,1-2H3,(H,26,29);1H. The molecule has 0 radical (unpaired) electrons. The largest absolute Gasteiger partial charge is 0.302 e. The highest BCUT2D eigenvalue weighted by molar-refractivity contribution is 5.97. The van der Waals surface area contributed by atoms with E-state index in [9.17, 15) is 9.59 Å². The molecule has 8 heteroatoms. The summed E-state index contributed by atoms with van der Waals surface area (Å²) in [5, 5.41) is 12.4. The van der Waals surface area contributed by atoms with Crippen LogP contribution in [0.5, 0.6) is 0 Å². The average molecular weight is 472 g/mol. The third kappa shape index (κ3) is 6.76. The second-order valence-corrected chi connectivity index (χ2v) is 7.36. The van der Waals surface area contributed by atoms with E-state index in [2.05, 4.69) is 18.7 Å². The summed E-state index contributed by atoms with van der Waals surface area (Å²) in [5.41, 5.74) is 3.25. The van der Waals surface area contributed by atoms with Crippen molar-refractivity contribution < 1.29 is 19.6 Å². The fraction of sp³-hybridized carbons (Fsp3) is 0.280. The quantitative estimate of drug-likeness (QED) is 0.340. The lowest BCUT2D eigenvalue weighted by Crippen LogP contribution is -2.38. The number of hydrogen-bond acceptors (Lipinski definition) is 5. The van der Waals surface area contributed by atoms with Gasteiger partial charge >= 0.3 is 0 Å². The molecule has 0 spiro atoms. The van der Waals surface area contributed by atoms with Crippen LogP contribution in [0.1, 0.15) is 40.1 Å². The van der Waals surface area contributed by atoms with Gasteiger partial charge < -0.3 is 4.90 Å². The second kappa shape index (κ2) is 12.9. The Hall–Kier alpha value is -2.97. The molecule has 0 fully saturated rings. The first-order chi connectivity index (χ1) is 15.6. The Kier molecular flexibility index (Phi) is 10.3. The zero-order valence-electron chi connectivity index (χ0n) is 18.9. The summed E-state index contributed by atoms with van der Waals surface area (Å²) in [5.74, 6) is -0.914. The van der Waals surface area contributed by atoms with Gasteiger partial charge in [0.05, 0.1) is 6.54 Å². The molecule has 0 heterocycles. The van der Waals surface area contributed by atoms with E-state index in [-0.39, 0.29) is 30.5 Å². The van der Waals surface area contributed by atoms with E-state index in [4.69, 9.17) is 10.0 Å². The van der Waals surface area contributed by atoms with Crippen molar-refractivity contribution in [3.63, 3.8) is 0 Å². The van der Waals surface area contributed by atoms with Crippen molar-refractivity contribution in [3.05, 3.63) is 83.4 Å². The van der Waals surface area contributed by atoms with Crippen LogP contribution in [-0.4, -0.2) is 53.2 Å². The summed E-state index contributed by atoms with van der Waals surface area (Å²) in [7, 11) is 0. The first kappa shape index (κ1) is 26.3. The smallest absolute Gasteiger partial charge is 0.277 e. The Bertz CT molecular complexity index is 1050. The number of hydrogen-bond donors (Lipinski definition) is 2. The highest BCUT2D eigenvalue weighted by Gasteiger charge is 2.19. The Labute approximate surface area is 200 Å². The maximum atomic E-state index is 13.2. The van der Waals surface area contributed by atoms with Crippen LogP contribution < -0.4 is 5.48 Å². The maximum absolute atomic E-state index is 13.2. The molecule has 0 saturated heterocycles. The Morgan fingerprint density at radius 2 is 1.52 bits per heavy atom. The number of hydroxylamine groups is 3. The van der Waals surface area contributed by atoms with Crippen molar-refractivity contribution in [2.24, 2.45) is 0 Å². The molecule has 3 rings (SSSR count). The third-order valence-corrected chi connectivity index (χ3v) is 5.49. The van der Waals surface area contributed by atoms with Crippen LogP contribution in [0.3, 0.4) is 0 Å². The predicted molar refractivity (Wildman–Crippen MR) is 131 cm³/mol. The topological polar surface area (TPSA) is 82.1 Å². The average Bonchev–Trinajstić information content (AvgIpc) is 2.85. The molecule has 176 valence electrons. The number of benzene rings is 3. The lowest BCUT2D eigenvalue weighted by atomic mass is 10.1. The number of rotatable bonds is 10. The summed E-state index contributed by atoms with van der Waals surface area (Å²) in [6.07, 6.45) is 0. The summed E-state index contributed by atoms with van der Waals surface area (Å²) >= 11 is 0. The van der Waals surface area contributed by atoms with Crippen molar-refractivity contribution in [2.45, 2.75) is 20.5 Å². The Balaban J connectivity index is 0.00000385. The van der Waals surface area contributed by atoms with E-state index >= 15 is 0 Å². The minimum Gasteiger partial charge on any atom is -0.302 e. The number of halogens is 1. The molecule has 2 N–H and O–H groups in total. The lowest BCUT2D eigenvalue weighted by molar-refractivity contribution is -0.135. The minimum absolute atomic E-state index is 0. The van der Waals surface area contributed by atoms with Crippen molar-refractivity contribution in [1.29, 1.82) is 0 Å². The summed E-state index contributed by atoms with van der Waals surface area (Å²) in [6.45, 7) is 7.27. The zero-order chi connectivity index (χ0) is 22.9. The molecular formula is C25H30ClN3O4. The van der Waals surface area contributed by atoms with Gasteiger partial charge in [0.1, 0.15) is 6.61 Å². The van der Waals surface area contributed by atoms with Gasteiger partial charge in [-0.15, -0.1) is 12.4 Å². The van der Waals surface area contributed by atoms with Gasteiger partial charge in [-0.25, -0.2) is 10.5 Å². The van der Waals surface area contributed by atoms with Crippen molar-refractivity contribution in [3.8, 4) is 0 Å². The summed E-state index contributed by atoms with van der Waals surface area (Å²) in [6, 6.07) is 20.2. The molecule has 0 atom stereocenters. The molecule has 2 amide bonds. The molecule has 0 bridgehead atoms. The molecule has 0 aliphatic rings. The normalized spacial score (nSPS) is 10.7. The van der Waals surface area contributed by atoms with Crippen LogP contribution in [0.2, 0.25) is 0 Å². The molecule has 3 aromatic carbocycles. The molecule has 33 heavy (non-hydrogen) atoms. The van der Waals surface area contributed by atoms with Crippen LogP contribution >= 0.6 is 12.4 Å². The van der Waals surface area contributed by atoms with Gasteiger partial charge in [-0.2, -0.15) is 0 Å². The van der Waals surface area contributed by atoms with Crippen LogP contribution in [0, 0.1) is 0 Å².